The van der Waals surface area contributed by atoms with E-state index in [2.05, 4.69) is 44.1 Å². The Kier molecular flexibility index (Phi) is 2.80. The number of imidazole rings is 1. The van der Waals surface area contributed by atoms with Gasteiger partial charge in [-0.25, -0.2) is 9.97 Å². The van der Waals surface area contributed by atoms with Gasteiger partial charge in [0.1, 0.15) is 5.82 Å². The normalized spacial score (nSPS) is 21.5. The molecular weight excluding hydrogens is 300 g/mol. The Balaban J connectivity index is 1.60. The van der Waals surface area contributed by atoms with Gasteiger partial charge < -0.3 is 9.88 Å². The summed E-state index contributed by atoms with van der Waals surface area (Å²) >= 11 is 0. The smallest absolute Gasteiger partial charge is 0.257 e. The second kappa shape index (κ2) is 4.90. The quantitative estimate of drug-likeness (QED) is 0.786. The van der Waals surface area contributed by atoms with E-state index in [4.69, 9.17) is 0 Å². The van der Waals surface area contributed by atoms with E-state index in [9.17, 15) is 4.79 Å². The number of nitrogens with one attached hydrogen (secondary N) is 1. The molecule has 2 aromatic heterocycles. The second-order valence-corrected chi connectivity index (χ2v) is 6.54. The van der Waals surface area contributed by atoms with Crippen molar-refractivity contribution in [2.24, 2.45) is 0 Å². The summed E-state index contributed by atoms with van der Waals surface area (Å²) in [4.78, 5) is 27.4. The van der Waals surface area contributed by atoms with E-state index < -0.39 is 0 Å². The third-order valence-electron chi connectivity index (χ3n) is 5.34. The number of fused-ring (bicyclic) bond motifs is 6. The molecule has 0 saturated carbocycles. The first kappa shape index (κ1) is 13.7. The number of hydrogen-bond acceptors (Lipinski definition) is 3. The molecule has 2 aliphatic rings. The number of nitrogens with zero attached hydrogens (tertiary/aromatic N) is 3. The van der Waals surface area contributed by atoms with Gasteiger partial charge in [0.05, 0.1) is 23.2 Å². The van der Waals surface area contributed by atoms with Crippen LogP contribution in [0.3, 0.4) is 0 Å². The van der Waals surface area contributed by atoms with Gasteiger partial charge in [-0.2, -0.15) is 0 Å². The first-order chi connectivity index (χ1) is 11.8. The van der Waals surface area contributed by atoms with Crippen molar-refractivity contribution >= 4 is 17.1 Å². The van der Waals surface area contributed by atoms with Crippen molar-refractivity contribution in [3.8, 4) is 0 Å². The van der Waals surface area contributed by atoms with E-state index in [1.54, 1.807) is 6.20 Å². The summed E-state index contributed by atoms with van der Waals surface area (Å²) in [6, 6.07) is 10.7. The molecule has 1 amide bonds. The Morgan fingerprint density at radius 3 is 2.58 bits per heavy atom. The van der Waals surface area contributed by atoms with Crippen molar-refractivity contribution in [2.75, 3.05) is 0 Å². The van der Waals surface area contributed by atoms with E-state index in [-0.39, 0.29) is 18.0 Å². The molecule has 120 valence electrons. The molecule has 3 aromatic rings. The summed E-state index contributed by atoms with van der Waals surface area (Å²) in [5, 5.41) is 0. The van der Waals surface area contributed by atoms with Gasteiger partial charge in [0.15, 0.2) is 5.65 Å². The zero-order chi connectivity index (χ0) is 16.3. The topological polar surface area (TPSA) is 61.9 Å². The first-order valence-electron chi connectivity index (χ1n) is 8.53. The molecule has 24 heavy (non-hydrogen) atoms. The summed E-state index contributed by atoms with van der Waals surface area (Å²) in [6.45, 7) is 2.04. The maximum atomic E-state index is 13.3. The Hall–Kier alpha value is -2.69. The van der Waals surface area contributed by atoms with Crippen LogP contribution in [0.15, 0.2) is 36.5 Å². The molecule has 0 radical (unpaired) electrons. The number of hydrogen-bond donors (Lipinski definition) is 1. The molecule has 2 atom stereocenters. The molecule has 0 aliphatic carbocycles. The van der Waals surface area contributed by atoms with E-state index in [1.807, 2.05) is 13.0 Å². The summed E-state index contributed by atoms with van der Waals surface area (Å²) < 4.78 is 0. The van der Waals surface area contributed by atoms with Crippen molar-refractivity contribution in [3.63, 3.8) is 0 Å². The van der Waals surface area contributed by atoms with Crippen molar-refractivity contribution in [3.05, 3.63) is 59.0 Å². The predicted molar refractivity (Wildman–Crippen MR) is 90.6 cm³/mol. The van der Waals surface area contributed by atoms with E-state index in [1.165, 1.54) is 11.1 Å². The van der Waals surface area contributed by atoms with Crippen LogP contribution < -0.4 is 0 Å². The number of benzene rings is 1. The van der Waals surface area contributed by atoms with Gasteiger partial charge in [-0.15, -0.1) is 0 Å². The Morgan fingerprint density at radius 1 is 1.21 bits per heavy atom. The number of rotatable bonds is 2. The average Bonchev–Trinajstić information content (AvgIpc) is 3.32. The van der Waals surface area contributed by atoms with Crippen LogP contribution in [0, 0.1) is 0 Å². The first-order valence-corrected chi connectivity index (χ1v) is 8.53. The molecule has 5 heteroatoms. The summed E-state index contributed by atoms with van der Waals surface area (Å²) in [6.07, 6.45) is 4.57. The fourth-order valence-electron chi connectivity index (χ4n) is 4.27. The van der Waals surface area contributed by atoms with Crippen LogP contribution in [-0.4, -0.2) is 25.8 Å². The summed E-state index contributed by atoms with van der Waals surface area (Å²) in [5.41, 5.74) is 4.69. The number of amides is 1. The maximum Gasteiger partial charge on any atom is 0.257 e. The molecule has 1 aromatic carbocycles. The Labute approximate surface area is 139 Å². The van der Waals surface area contributed by atoms with Crippen LogP contribution in [0.2, 0.25) is 0 Å². The number of pyridine rings is 1. The van der Waals surface area contributed by atoms with Crippen LogP contribution in [0.25, 0.3) is 11.2 Å². The van der Waals surface area contributed by atoms with E-state index in [0.717, 1.165) is 30.6 Å². The molecule has 5 rings (SSSR count). The van der Waals surface area contributed by atoms with Gasteiger partial charge in [0.2, 0.25) is 0 Å². The molecule has 1 saturated heterocycles. The molecular formula is C19H18N4O. The maximum absolute atomic E-state index is 13.3. The van der Waals surface area contributed by atoms with Crippen LogP contribution >= 0.6 is 0 Å². The van der Waals surface area contributed by atoms with Crippen LogP contribution in [0.1, 0.15) is 59.2 Å². The zero-order valence-corrected chi connectivity index (χ0v) is 13.5. The highest BCUT2D eigenvalue weighted by Gasteiger charge is 2.46. The van der Waals surface area contributed by atoms with Crippen molar-refractivity contribution in [2.45, 2.75) is 38.3 Å². The highest BCUT2D eigenvalue weighted by Crippen LogP contribution is 2.53. The molecule has 5 nitrogen and oxygen atoms in total. The average molecular weight is 318 g/mol. The van der Waals surface area contributed by atoms with E-state index in [0.29, 0.717) is 11.2 Å². The van der Waals surface area contributed by atoms with Gasteiger partial charge in [-0.3, -0.25) is 4.79 Å². The lowest BCUT2D eigenvalue weighted by atomic mass is 9.92. The fraction of sp³-hybridized carbons (Fsp3) is 0.316. The van der Waals surface area contributed by atoms with Gasteiger partial charge in [0.25, 0.3) is 5.91 Å². The van der Waals surface area contributed by atoms with Crippen molar-refractivity contribution in [1.29, 1.82) is 0 Å². The van der Waals surface area contributed by atoms with Crippen LogP contribution in [0.4, 0.5) is 0 Å². The number of carbonyl (C=O) groups is 1. The standard InChI is InChI=1S/C19H18N4O/c1-2-16-21-17-13(9-10-20-18(17)22-16)19(24)23-14-7-8-15(23)12-6-4-3-5-11(12)14/h3-6,9-10,14-15H,2,7-8H2,1H3,(H,20,21,22). The number of aryl methyl sites for hydroxylation is 1. The zero-order valence-electron chi connectivity index (χ0n) is 13.5. The summed E-state index contributed by atoms with van der Waals surface area (Å²) in [5.74, 6) is 0.947. The van der Waals surface area contributed by atoms with Crippen LogP contribution in [-0.2, 0) is 6.42 Å². The minimum absolute atomic E-state index is 0.0809. The lowest BCUT2D eigenvalue weighted by molar-refractivity contribution is 0.0698. The molecule has 4 heterocycles. The third-order valence-corrected chi connectivity index (χ3v) is 5.34. The Bertz CT molecular complexity index is 930. The van der Waals surface area contributed by atoms with Gasteiger partial charge in [-0.05, 0) is 30.0 Å². The van der Waals surface area contributed by atoms with E-state index >= 15 is 0 Å². The van der Waals surface area contributed by atoms with Crippen molar-refractivity contribution in [1.82, 2.24) is 19.9 Å². The predicted octanol–water partition coefficient (Wildman–Crippen LogP) is 3.55. The number of aromatic amines is 1. The second-order valence-electron chi connectivity index (χ2n) is 6.54. The fourth-order valence-corrected chi connectivity index (χ4v) is 4.27. The van der Waals surface area contributed by atoms with Gasteiger partial charge in [-0.1, -0.05) is 31.2 Å². The highest BCUT2D eigenvalue weighted by molar-refractivity contribution is 6.04. The highest BCUT2D eigenvalue weighted by atomic mass is 16.2. The van der Waals surface area contributed by atoms with Crippen molar-refractivity contribution < 1.29 is 4.79 Å². The lowest BCUT2D eigenvalue weighted by Gasteiger charge is -2.22. The molecule has 1 N–H and O–H groups in total. The molecule has 2 aliphatic heterocycles. The number of carbonyl (C=O) groups excluding carboxylic acids is 1. The minimum Gasteiger partial charge on any atom is -0.340 e. The summed E-state index contributed by atoms with van der Waals surface area (Å²) in [7, 11) is 0. The molecule has 2 unspecified atom stereocenters. The largest absolute Gasteiger partial charge is 0.340 e. The van der Waals surface area contributed by atoms with Crippen LogP contribution in [0.5, 0.6) is 0 Å². The lowest BCUT2D eigenvalue weighted by Crippen LogP contribution is -2.28. The number of H-pyrrole nitrogens is 1. The van der Waals surface area contributed by atoms with Gasteiger partial charge in [0, 0.05) is 12.6 Å². The monoisotopic (exact) mass is 318 g/mol. The molecule has 2 bridgehead atoms. The van der Waals surface area contributed by atoms with Gasteiger partial charge >= 0.3 is 0 Å². The SMILES string of the molecule is CCc1nc2nccc(C(=O)N3C4CCC3c3ccccc34)c2[nH]1. The minimum atomic E-state index is 0.0809. The third kappa shape index (κ3) is 1.72. The molecule has 1 fully saturated rings. The Morgan fingerprint density at radius 2 is 1.92 bits per heavy atom. The molecule has 0 spiro atoms. The number of aromatic nitrogens is 3.